The Labute approximate surface area is 173 Å². The van der Waals surface area contributed by atoms with Crippen LogP contribution in [0.2, 0.25) is 0 Å². The minimum Gasteiger partial charge on any atom is -0.378 e. The average Bonchev–Trinajstić information content (AvgIpc) is 3.16. The summed E-state index contributed by atoms with van der Waals surface area (Å²) in [5.74, 6) is 1.58. The van der Waals surface area contributed by atoms with Crippen LogP contribution >= 0.6 is 11.3 Å². The van der Waals surface area contributed by atoms with Crippen molar-refractivity contribution in [3.8, 4) is 0 Å². The molecule has 0 radical (unpaired) electrons. The van der Waals surface area contributed by atoms with Crippen LogP contribution in [0.1, 0.15) is 56.4 Å². The number of ether oxygens (including phenoxy) is 1. The third-order valence-corrected chi connectivity index (χ3v) is 8.29. The third kappa shape index (κ3) is 3.71. The highest BCUT2D eigenvalue weighted by Crippen LogP contribution is 2.57. The van der Waals surface area contributed by atoms with E-state index in [1.54, 1.807) is 0 Å². The smallest absolute Gasteiger partial charge is 0.191 e. The number of guanidine groups is 1. The zero-order chi connectivity index (χ0) is 19.6. The first-order valence-electron chi connectivity index (χ1n) is 11.0. The summed E-state index contributed by atoms with van der Waals surface area (Å²) >= 11 is 1.89. The topological polar surface area (TPSA) is 48.9 Å². The zero-order valence-corrected chi connectivity index (χ0v) is 18.4. The van der Waals surface area contributed by atoms with Gasteiger partial charge in [-0.25, -0.2) is 0 Å². The van der Waals surface area contributed by atoms with E-state index in [9.17, 15) is 0 Å². The van der Waals surface area contributed by atoms with Gasteiger partial charge in [-0.2, -0.15) is 0 Å². The largest absolute Gasteiger partial charge is 0.378 e. The highest BCUT2D eigenvalue weighted by molar-refractivity contribution is 7.10. The standard InChI is InChI=1S/C22H36N4OS/c1-4-27-19-14-18(22(19)10-7-11-22)25-21(23-2)24-15-16-8-5-12-26(3)20(16)17-9-6-13-28-17/h6,9,13,16,18-20H,4-5,7-8,10-12,14-15H2,1-3H3,(H2,23,24,25). The number of piperidine rings is 1. The SMILES string of the molecule is CCOC1CC(NC(=NC)NCC2CCCN(C)C2c2cccs2)C12CCC2. The molecule has 1 aromatic rings. The predicted octanol–water partition coefficient (Wildman–Crippen LogP) is 3.64. The van der Waals surface area contributed by atoms with Crippen molar-refractivity contribution in [2.45, 2.75) is 63.6 Å². The summed E-state index contributed by atoms with van der Waals surface area (Å²) in [5, 5.41) is 9.59. The molecule has 28 heavy (non-hydrogen) atoms. The fourth-order valence-corrected chi connectivity index (χ4v) is 6.59. The molecule has 4 rings (SSSR count). The number of nitrogens with zero attached hydrogens (tertiary/aromatic N) is 2. The molecule has 1 saturated heterocycles. The Hall–Kier alpha value is -1.11. The number of hydrogen-bond donors (Lipinski definition) is 2. The maximum atomic E-state index is 6.00. The van der Waals surface area contributed by atoms with Crippen molar-refractivity contribution in [3.63, 3.8) is 0 Å². The second kappa shape index (κ2) is 8.72. The van der Waals surface area contributed by atoms with Gasteiger partial charge in [0.2, 0.25) is 0 Å². The van der Waals surface area contributed by atoms with Gasteiger partial charge in [0.05, 0.1) is 6.10 Å². The Balaban J connectivity index is 1.34. The first kappa shape index (κ1) is 20.2. The quantitative estimate of drug-likeness (QED) is 0.561. The van der Waals surface area contributed by atoms with Crippen LogP contribution in [0.15, 0.2) is 22.5 Å². The number of rotatable bonds is 6. The lowest BCUT2D eigenvalue weighted by Gasteiger charge is -2.61. The van der Waals surface area contributed by atoms with Gasteiger partial charge in [0.25, 0.3) is 0 Å². The average molecular weight is 405 g/mol. The number of likely N-dealkylation sites (tertiary alicyclic amines) is 1. The second-order valence-electron chi connectivity index (χ2n) is 8.76. The Bertz CT molecular complexity index is 658. The van der Waals surface area contributed by atoms with Crippen molar-refractivity contribution in [2.75, 3.05) is 33.8 Å². The fraction of sp³-hybridized carbons (Fsp3) is 0.773. The lowest BCUT2D eigenvalue weighted by molar-refractivity contribution is -0.168. The van der Waals surface area contributed by atoms with Crippen LogP contribution in [-0.2, 0) is 4.74 Å². The molecular weight excluding hydrogens is 368 g/mol. The van der Waals surface area contributed by atoms with Crippen molar-refractivity contribution >= 4 is 17.3 Å². The van der Waals surface area contributed by atoms with Crippen LogP contribution in [0.25, 0.3) is 0 Å². The molecule has 2 heterocycles. The molecule has 1 spiro atoms. The number of thiophene rings is 1. The maximum absolute atomic E-state index is 6.00. The van der Waals surface area contributed by atoms with E-state index in [-0.39, 0.29) is 0 Å². The molecule has 5 nitrogen and oxygen atoms in total. The van der Waals surface area contributed by atoms with E-state index in [0.717, 1.165) is 25.5 Å². The van der Waals surface area contributed by atoms with Gasteiger partial charge in [0.15, 0.2) is 5.96 Å². The lowest BCUT2D eigenvalue weighted by atomic mass is 9.51. The molecule has 156 valence electrons. The van der Waals surface area contributed by atoms with Crippen molar-refractivity contribution in [3.05, 3.63) is 22.4 Å². The predicted molar refractivity (Wildman–Crippen MR) is 117 cm³/mol. The van der Waals surface area contributed by atoms with Gasteiger partial charge >= 0.3 is 0 Å². The van der Waals surface area contributed by atoms with Crippen LogP contribution in [0.3, 0.4) is 0 Å². The van der Waals surface area contributed by atoms with Gasteiger partial charge in [-0.1, -0.05) is 12.5 Å². The minimum absolute atomic E-state index is 0.359. The van der Waals surface area contributed by atoms with Crippen molar-refractivity contribution < 1.29 is 4.74 Å². The van der Waals surface area contributed by atoms with E-state index >= 15 is 0 Å². The van der Waals surface area contributed by atoms with E-state index in [0.29, 0.717) is 29.5 Å². The molecule has 1 aliphatic heterocycles. The fourth-order valence-electron chi connectivity index (χ4n) is 5.61. The monoisotopic (exact) mass is 404 g/mol. The van der Waals surface area contributed by atoms with Crippen molar-refractivity contribution in [1.82, 2.24) is 15.5 Å². The van der Waals surface area contributed by atoms with Crippen LogP contribution < -0.4 is 10.6 Å². The van der Waals surface area contributed by atoms with Crippen LogP contribution in [0.5, 0.6) is 0 Å². The van der Waals surface area contributed by atoms with Gasteiger partial charge in [0.1, 0.15) is 0 Å². The molecule has 3 fully saturated rings. The van der Waals surface area contributed by atoms with Gasteiger partial charge in [-0.3, -0.25) is 9.89 Å². The summed E-state index contributed by atoms with van der Waals surface area (Å²) in [6.07, 6.45) is 8.02. The molecule has 6 heteroatoms. The Morgan fingerprint density at radius 2 is 2.25 bits per heavy atom. The Morgan fingerprint density at radius 1 is 1.39 bits per heavy atom. The first-order chi connectivity index (χ1) is 13.7. The number of hydrogen-bond acceptors (Lipinski definition) is 4. The molecule has 2 saturated carbocycles. The van der Waals surface area contributed by atoms with E-state index in [1.807, 2.05) is 18.4 Å². The normalized spacial score (nSPS) is 32.6. The molecule has 0 aromatic carbocycles. The zero-order valence-electron chi connectivity index (χ0n) is 17.6. The Kier molecular flexibility index (Phi) is 6.28. The van der Waals surface area contributed by atoms with Crippen LogP contribution in [0.4, 0.5) is 0 Å². The summed E-state index contributed by atoms with van der Waals surface area (Å²) < 4.78 is 6.00. The number of nitrogens with one attached hydrogen (secondary N) is 2. The first-order valence-corrected chi connectivity index (χ1v) is 11.9. The van der Waals surface area contributed by atoms with Crippen molar-refractivity contribution in [1.29, 1.82) is 0 Å². The van der Waals surface area contributed by atoms with Gasteiger partial charge in [0, 0.05) is 42.6 Å². The van der Waals surface area contributed by atoms with Gasteiger partial charge in [-0.05, 0) is 70.0 Å². The molecule has 2 aliphatic carbocycles. The molecule has 3 aliphatic rings. The summed E-state index contributed by atoms with van der Waals surface area (Å²) in [4.78, 5) is 8.56. The summed E-state index contributed by atoms with van der Waals surface area (Å²) in [6, 6.07) is 5.49. The second-order valence-corrected chi connectivity index (χ2v) is 9.74. The van der Waals surface area contributed by atoms with Crippen LogP contribution in [0, 0.1) is 11.3 Å². The molecule has 4 unspecified atom stereocenters. The summed E-state index contributed by atoms with van der Waals surface area (Å²) in [6.45, 7) is 5.10. The van der Waals surface area contributed by atoms with Gasteiger partial charge < -0.3 is 15.4 Å². The Morgan fingerprint density at radius 3 is 2.89 bits per heavy atom. The third-order valence-electron chi connectivity index (χ3n) is 7.35. The van der Waals surface area contributed by atoms with Crippen molar-refractivity contribution in [2.24, 2.45) is 16.3 Å². The van der Waals surface area contributed by atoms with E-state index in [4.69, 9.17) is 4.74 Å². The summed E-state index contributed by atoms with van der Waals surface area (Å²) in [5.41, 5.74) is 0.359. The molecule has 4 atom stereocenters. The molecular formula is C22H36N4OS. The van der Waals surface area contributed by atoms with E-state index < -0.39 is 0 Å². The highest BCUT2D eigenvalue weighted by Gasteiger charge is 2.59. The minimum atomic E-state index is 0.359. The maximum Gasteiger partial charge on any atom is 0.191 e. The molecule has 0 amide bonds. The highest BCUT2D eigenvalue weighted by atomic mass is 32.1. The van der Waals surface area contributed by atoms with Gasteiger partial charge in [-0.15, -0.1) is 11.3 Å². The number of aliphatic imine (C=N–C) groups is 1. The van der Waals surface area contributed by atoms with E-state index in [1.165, 1.54) is 43.5 Å². The molecule has 2 N–H and O–H groups in total. The summed E-state index contributed by atoms with van der Waals surface area (Å²) in [7, 11) is 4.16. The molecule has 1 aromatic heterocycles. The lowest BCUT2D eigenvalue weighted by Crippen LogP contribution is -2.68. The van der Waals surface area contributed by atoms with Crippen LogP contribution in [-0.4, -0.2) is 56.8 Å². The van der Waals surface area contributed by atoms with E-state index in [2.05, 4.69) is 52.0 Å². The molecule has 0 bridgehead atoms.